The molecule has 2 aromatic rings. The minimum atomic E-state index is 0.678. The molecule has 0 atom stereocenters. The van der Waals surface area contributed by atoms with Crippen molar-refractivity contribution in [3.63, 3.8) is 0 Å². The molecule has 0 unspecified atom stereocenters. The quantitative estimate of drug-likeness (QED) is 0.869. The Bertz CT molecular complexity index is 526. The minimum Gasteiger partial charge on any atom is -0.341 e. The van der Waals surface area contributed by atoms with E-state index < -0.39 is 0 Å². The molecule has 16 heavy (non-hydrogen) atoms. The Hall–Kier alpha value is -0.990. The van der Waals surface area contributed by atoms with Crippen LogP contribution >= 0.6 is 11.6 Å². The van der Waals surface area contributed by atoms with Crippen LogP contribution in [0.2, 0.25) is 5.02 Å². The van der Waals surface area contributed by atoms with Gasteiger partial charge in [0.15, 0.2) is 0 Å². The van der Waals surface area contributed by atoms with Crippen molar-refractivity contribution in [3.8, 4) is 0 Å². The van der Waals surface area contributed by atoms with Crippen LogP contribution in [0.5, 0.6) is 0 Å². The maximum atomic E-state index is 6.06. The van der Waals surface area contributed by atoms with E-state index in [1.807, 2.05) is 6.07 Å². The Labute approximate surface area is 100.0 Å². The first-order valence-electron chi connectivity index (χ1n) is 5.79. The largest absolute Gasteiger partial charge is 0.341 e. The lowest BCUT2D eigenvalue weighted by atomic mass is 10.2. The first kappa shape index (κ1) is 10.2. The summed E-state index contributed by atoms with van der Waals surface area (Å²) in [7, 11) is 0. The van der Waals surface area contributed by atoms with Gasteiger partial charge in [-0.3, -0.25) is 0 Å². The molecular weight excluding hydrogens is 220 g/mol. The van der Waals surface area contributed by atoms with Gasteiger partial charge in [-0.25, -0.2) is 0 Å². The molecule has 1 fully saturated rings. The van der Waals surface area contributed by atoms with E-state index in [0.29, 0.717) is 12.6 Å². The fraction of sp³-hybridized carbons (Fsp3) is 0.385. The molecule has 2 nitrogen and oxygen atoms in total. The summed E-state index contributed by atoms with van der Waals surface area (Å²) in [6, 6.07) is 9.04. The Morgan fingerprint density at radius 3 is 2.81 bits per heavy atom. The normalized spacial score (nSPS) is 15.9. The highest BCUT2D eigenvalue weighted by atomic mass is 35.5. The van der Waals surface area contributed by atoms with E-state index in [4.69, 9.17) is 17.3 Å². The molecule has 3 rings (SSSR count). The van der Waals surface area contributed by atoms with Gasteiger partial charge in [-0.2, -0.15) is 0 Å². The standard InChI is InChI=1S/C13H15ClN2/c14-10-2-1-9-7-12(5-6-15)16(11-3-4-11)13(9)8-10/h1-2,7-8,11H,3-6,15H2. The zero-order chi connectivity index (χ0) is 11.1. The second kappa shape index (κ2) is 3.79. The maximum Gasteiger partial charge on any atom is 0.0500 e. The zero-order valence-corrected chi connectivity index (χ0v) is 9.87. The summed E-state index contributed by atoms with van der Waals surface area (Å²) in [5.74, 6) is 0. The Kier molecular flexibility index (Phi) is 2.41. The van der Waals surface area contributed by atoms with Crippen LogP contribution < -0.4 is 5.73 Å². The van der Waals surface area contributed by atoms with Gasteiger partial charge in [-0.05, 0) is 49.4 Å². The number of hydrogen-bond acceptors (Lipinski definition) is 1. The first-order chi connectivity index (χ1) is 7.79. The number of aromatic nitrogens is 1. The second-order valence-corrected chi connectivity index (χ2v) is 4.92. The molecule has 1 aromatic carbocycles. The number of halogens is 1. The van der Waals surface area contributed by atoms with Crippen LogP contribution in [-0.2, 0) is 6.42 Å². The Morgan fingerprint density at radius 2 is 2.12 bits per heavy atom. The van der Waals surface area contributed by atoms with Crippen molar-refractivity contribution in [2.24, 2.45) is 5.73 Å². The SMILES string of the molecule is NCCc1cc2ccc(Cl)cc2n1C1CC1. The van der Waals surface area contributed by atoms with E-state index in [9.17, 15) is 0 Å². The molecule has 3 heteroatoms. The van der Waals surface area contributed by atoms with Gasteiger partial charge >= 0.3 is 0 Å². The lowest BCUT2D eigenvalue weighted by Gasteiger charge is -2.08. The summed E-state index contributed by atoms with van der Waals surface area (Å²) in [5.41, 5.74) is 8.27. The minimum absolute atomic E-state index is 0.678. The van der Waals surface area contributed by atoms with E-state index in [1.54, 1.807) is 0 Å². The number of rotatable bonds is 3. The Morgan fingerprint density at radius 1 is 1.31 bits per heavy atom. The molecule has 1 aliphatic carbocycles. The number of hydrogen-bond donors (Lipinski definition) is 1. The lowest BCUT2D eigenvalue weighted by molar-refractivity contribution is 0.715. The Balaban J connectivity index is 2.21. The van der Waals surface area contributed by atoms with E-state index in [1.165, 1.54) is 29.4 Å². The summed E-state index contributed by atoms with van der Waals surface area (Å²) in [6.07, 6.45) is 3.52. The summed E-state index contributed by atoms with van der Waals surface area (Å²) in [6.45, 7) is 0.705. The predicted molar refractivity (Wildman–Crippen MR) is 68.0 cm³/mol. The van der Waals surface area contributed by atoms with Crippen molar-refractivity contribution in [1.82, 2.24) is 4.57 Å². The van der Waals surface area contributed by atoms with Crippen LogP contribution in [0, 0.1) is 0 Å². The van der Waals surface area contributed by atoms with Gasteiger partial charge in [0.25, 0.3) is 0 Å². The van der Waals surface area contributed by atoms with Crippen LogP contribution in [0.25, 0.3) is 10.9 Å². The maximum absolute atomic E-state index is 6.06. The average Bonchev–Trinajstić information content (AvgIpc) is 3.02. The van der Waals surface area contributed by atoms with Crippen molar-refractivity contribution >= 4 is 22.5 Å². The molecule has 1 saturated carbocycles. The van der Waals surface area contributed by atoms with Gasteiger partial charge in [0.1, 0.15) is 0 Å². The lowest BCUT2D eigenvalue weighted by Crippen LogP contribution is -2.07. The molecule has 84 valence electrons. The third-order valence-corrected chi connectivity index (χ3v) is 3.43. The summed E-state index contributed by atoms with van der Waals surface area (Å²) in [5, 5.41) is 2.09. The molecule has 0 bridgehead atoms. The van der Waals surface area contributed by atoms with Crippen LogP contribution in [-0.4, -0.2) is 11.1 Å². The number of nitrogens with two attached hydrogens (primary N) is 1. The molecule has 2 N–H and O–H groups in total. The van der Waals surface area contributed by atoms with Crippen molar-refractivity contribution in [2.75, 3.05) is 6.54 Å². The van der Waals surface area contributed by atoms with Gasteiger partial charge in [-0.1, -0.05) is 17.7 Å². The van der Waals surface area contributed by atoms with Crippen LogP contribution in [0.4, 0.5) is 0 Å². The van der Waals surface area contributed by atoms with E-state index in [2.05, 4.69) is 22.8 Å². The second-order valence-electron chi connectivity index (χ2n) is 4.48. The van der Waals surface area contributed by atoms with E-state index >= 15 is 0 Å². The first-order valence-corrected chi connectivity index (χ1v) is 6.17. The van der Waals surface area contributed by atoms with Crippen LogP contribution in [0.15, 0.2) is 24.3 Å². The molecule has 1 aliphatic rings. The number of benzene rings is 1. The molecule has 0 aliphatic heterocycles. The van der Waals surface area contributed by atoms with E-state index in [0.717, 1.165) is 11.4 Å². The molecule has 0 spiro atoms. The monoisotopic (exact) mass is 234 g/mol. The topological polar surface area (TPSA) is 30.9 Å². The number of nitrogens with zero attached hydrogens (tertiary/aromatic N) is 1. The molecule has 1 heterocycles. The highest BCUT2D eigenvalue weighted by molar-refractivity contribution is 6.31. The average molecular weight is 235 g/mol. The summed E-state index contributed by atoms with van der Waals surface area (Å²) >= 11 is 6.06. The van der Waals surface area contributed by atoms with E-state index in [-0.39, 0.29) is 0 Å². The van der Waals surface area contributed by atoms with Crippen molar-refractivity contribution in [3.05, 3.63) is 35.0 Å². The fourth-order valence-corrected chi connectivity index (χ4v) is 2.52. The molecular formula is C13H15ClN2. The predicted octanol–water partition coefficient (Wildman–Crippen LogP) is 3.13. The van der Waals surface area contributed by atoms with Gasteiger partial charge < -0.3 is 10.3 Å². The van der Waals surface area contributed by atoms with Crippen LogP contribution in [0.3, 0.4) is 0 Å². The summed E-state index contributed by atoms with van der Waals surface area (Å²) in [4.78, 5) is 0. The smallest absolute Gasteiger partial charge is 0.0500 e. The van der Waals surface area contributed by atoms with Crippen LogP contribution in [0.1, 0.15) is 24.6 Å². The third-order valence-electron chi connectivity index (χ3n) is 3.20. The third kappa shape index (κ3) is 1.62. The van der Waals surface area contributed by atoms with Crippen molar-refractivity contribution in [2.45, 2.75) is 25.3 Å². The molecule has 0 amide bonds. The van der Waals surface area contributed by atoms with Gasteiger partial charge in [0.05, 0.1) is 0 Å². The summed E-state index contributed by atoms with van der Waals surface area (Å²) < 4.78 is 2.42. The van der Waals surface area contributed by atoms with Crippen molar-refractivity contribution < 1.29 is 0 Å². The molecule has 0 radical (unpaired) electrons. The fourth-order valence-electron chi connectivity index (χ4n) is 2.36. The molecule has 1 aromatic heterocycles. The van der Waals surface area contributed by atoms with Crippen molar-refractivity contribution in [1.29, 1.82) is 0 Å². The van der Waals surface area contributed by atoms with Gasteiger partial charge in [0.2, 0.25) is 0 Å². The molecule has 0 saturated heterocycles. The highest BCUT2D eigenvalue weighted by Gasteiger charge is 2.26. The van der Waals surface area contributed by atoms with Gasteiger partial charge in [0, 0.05) is 22.3 Å². The highest BCUT2D eigenvalue weighted by Crippen LogP contribution is 2.40. The number of fused-ring (bicyclic) bond motifs is 1. The zero-order valence-electron chi connectivity index (χ0n) is 9.12. The van der Waals surface area contributed by atoms with Gasteiger partial charge in [-0.15, -0.1) is 0 Å².